The number of rotatable bonds is 4. The van der Waals surface area contributed by atoms with Gasteiger partial charge in [-0.15, -0.1) is 10.2 Å². The molecule has 9 nitrogen and oxygen atoms in total. The van der Waals surface area contributed by atoms with Crippen molar-refractivity contribution in [2.45, 2.75) is 51.4 Å². The maximum Gasteiger partial charge on any atom is 0.470 e. The molecule has 3 aromatic rings. The highest BCUT2D eigenvalue weighted by Crippen LogP contribution is 2.31. The Balaban J connectivity index is 1.40. The van der Waals surface area contributed by atoms with Gasteiger partial charge < -0.3 is 19.2 Å². The Labute approximate surface area is 188 Å². The van der Waals surface area contributed by atoms with Crippen LogP contribution >= 0.6 is 0 Å². The number of anilines is 1. The molecule has 1 aliphatic rings. The van der Waals surface area contributed by atoms with Crippen LogP contribution in [0.3, 0.4) is 0 Å². The highest BCUT2D eigenvalue weighted by molar-refractivity contribution is 5.92. The Morgan fingerprint density at radius 3 is 2.42 bits per heavy atom. The number of pyridine rings is 1. The first-order valence-corrected chi connectivity index (χ1v) is 10.5. The summed E-state index contributed by atoms with van der Waals surface area (Å²) in [6.45, 7) is 7.19. The van der Waals surface area contributed by atoms with Gasteiger partial charge in [-0.05, 0) is 45.7 Å². The van der Waals surface area contributed by atoms with Gasteiger partial charge in [-0.3, -0.25) is 4.79 Å². The van der Waals surface area contributed by atoms with Crippen molar-refractivity contribution in [2.75, 3.05) is 18.0 Å². The van der Waals surface area contributed by atoms with Crippen LogP contribution in [-0.4, -0.2) is 49.3 Å². The molecule has 3 aromatic heterocycles. The third-order valence-electron chi connectivity index (χ3n) is 5.23. The Bertz CT molecular complexity index is 1110. The van der Waals surface area contributed by atoms with Crippen LogP contribution in [0.2, 0.25) is 0 Å². The predicted molar refractivity (Wildman–Crippen MR) is 112 cm³/mol. The predicted octanol–water partition coefficient (Wildman–Crippen LogP) is 3.72. The quantitative estimate of drug-likeness (QED) is 0.629. The van der Waals surface area contributed by atoms with Crippen LogP contribution in [0.4, 0.5) is 19.0 Å². The van der Waals surface area contributed by atoms with Crippen molar-refractivity contribution >= 4 is 11.7 Å². The molecule has 1 N–H and O–H groups in total. The number of carbonyl (C=O) groups is 1. The van der Waals surface area contributed by atoms with Crippen molar-refractivity contribution in [3.63, 3.8) is 0 Å². The van der Waals surface area contributed by atoms with Gasteiger partial charge >= 0.3 is 12.1 Å². The highest BCUT2D eigenvalue weighted by Gasteiger charge is 2.38. The Morgan fingerprint density at radius 2 is 1.85 bits per heavy atom. The first kappa shape index (κ1) is 22.7. The van der Waals surface area contributed by atoms with Gasteiger partial charge in [0.15, 0.2) is 0 Å². The lowest BCUT2D eigenvalue weighted by molar-refractivity contribution is -0.156. The second-order valence-electron chi connectivity index (χ2n) is 8.92. The van der Waals surface area contributed by atoms with Gasteiger partial charge in [0.2, 0.25) is 5.89 Å². The summed E-state index contributed by atoms with van der Waals surface area (Å²) in [5, 5.41) is 9.44. The van der Waals surface area contributed by atoms with E-state index in [1.54, 1.807) is 24.7 Å². The van der Waals surface area contributed by atoms with E-state index in [9.17, 15) is 18.0 Å². The van der Waals surface area contributed by atoms with Gasteiger partial charge in [-0.25, -0.2) is 9.97 Å². The van der Waals surface area contributed by atoms with Crippen LogP contribution in [0.25, 0.3) is 11.5 Å². The van der Waals surface area contributed by atoms with Crippen LogP contribution in [0.5, 0.6) is 0 Å². The second-order valence-corrected chi connectivity index (χ2v) is 8.92. The lowest BCUT2D eigenvalue weighted by Crippen LogP contribution is -2.42. The molecule has 0 unspecified atom stereocenters. The summed E-state index contributed by atoms with van der Waals surface area (Å²) in [6, 6.07) is 3.45. The largest absolute Gasteiger partial charge is 0.470 e. The standard InChI is InChI=1S/C21H24F3N7O2/c1-20(2,3)27-17(32)15-11-25-12-31(15)14-6-8-30(9-7-14)16-5-4-13(10-26-16)18-28-29-19(33-18)21(22,23)24/h4-5,10-12,14H,6-9H2,1-3H3,(H,27,32). The molecule has 0 saturated carbocycles. The number of piperidine rings is 1. The molecule has 0 atom stereocenters. The average Bonchev–Trinajstić information content (AvgIpc) is 3.43. The molecule has 0 spiro atoms. The van der Waals surface area contributed by atoms with Crippen LogP contribution in [-0.2, 0) is 6.18 Å². The number of carbonyl (C=O) groups excluding carboxylic acids is 1. The van der Waals surface area contributed by atoms with Crippen molar-refractivity contribution in [1.29, 1.82) is 0 Å². The summed E-state index contributed by atoms with van der Waals surface area (Å²) < 4.78 is 44.6. The van der Waals surface area contributed by atoms with Crippen molar-refractivity contribution in [2.24, 2.45) is 0 Å². The number of imidazole rings is 1. The van der Waals surface area contributed by atoms with Crippen molar-refractivity contribution in [3.8, 4) is 11.5 Å². The van der Waals surface area contributed by atoms with Crippen LogP contribution in [0.1, 0.15) is 56.0 Å². The minimum atomic E-state index is -4.69. The maximum atomic E-state index is 12.7. The van der Waals surface area contributed by atoms with E-state index >= 15 is 0 Å². The van der Waals surface area contributed by atoms with E-state index in [2.05, 4.69) is 30.4 Å². The monoisotopic (exact) mass is 463 g/mol. The first-order chi connectivity index (χ1) is 15.5. The summed E-state index contributed by atoms with van der Waals surface area (Å²) >= 11 is 0. The third-order valence-corrected chi connectivity index (χ3v) is 5.23. The number of hydrogen-bond acceptors (Lipinski definition) is 7. The average molecular weight is 463 g/mol. The van der Waals surface area contributed by atoms with Gasteiger partial charge in [0.25, 0.3) is 5.91 Å². The molecule has 12 heteroatoms. The molecule has 0 aromatic carbocycles. The molecule has 0 bridgehead atoms. The molecule has 176 valence electrons. The third kappa shape index (κ3) is 5.15. The van der Waals surface area contributed by atoms with Crippen molar-refractivity contribution in [1.82, 2.24) is 30.0 Å². The minimum Gasteiger partial charge on any atom is -0.413 e. The topological polar surface area (TPSA) is 102 Å². The number of alkyl halides is 3. The van der Waals surface area contributed by atoms with E-state index in [-0.39, 0.29) is 23.4 Å². The number of amides is 1. The Morgan fingerprint density at radius 1 is 1.12 bits per heavy atom. The fourth-order valence-electron chi connectivity index (χ4n) is 3.70. The molecule has 0 radical (unpaired) electrons. The summed E-state index contributed by atoms with van der Waals surface area (Å²) in [5.74, 6) is -1.08. The SMILES string of the molecule is CC(C)(C)NC(=O)c1cncn1C1CCN(c2ccc(-c3nnc(C(F)(F)F)o3)cn2)CC1. The summed E-state index contributed by atoms with van der Waals surface area (Å²) in [4.78, 5) is 23.2. The van der Waals surface area contributed by atoms with Crippen LogP contribution in [0.15, 0.2) is 35.3 Å². The summed E-state index contributed by atoms with van der Waals surface area (Å²) in [7, 11) is 0. The Hall–Kier alpha value is -3.44. The molecule has 1 saturated heterocycles. The Kier molecular flexibility index (Phi) is 5.85. The molecular formula is C21H24F3N7O2. The molecule has 4 rings (SSSR count). The molecule has 1 amide bonds. The maximum absolute atomic E-state index is 12.7. The molecule has 0 aliphatic carbocycles. The van der Waals surface area contributed by atoms with E-state index in [4.69, 9.17) is 4.42 Å². The van der Waals surface area contributed by atoms with Crippen LogP contribution < -0.4 is 10.2 Å². The fourth-order valence-corrected chi connectivity index (χ4v) is 3.70. The van der Waals surface area contributed by atoms with Crippen molar-refractivity contribution in [3.05, 3.63) is 42.4 Å². The van der Waals surface area contributed by atoms with Gasteiger partial charge in [0.05, 0.1) is 18.1 Å². The smallest absolute Gasteiger partial charge is 0.413 e. The zero-order valence-electron chi connectivity index (χ0n) is 18.4. The lowest BCUT2D eigenvalue weighted by Gasteiger charge is -2.34. The number of nitrogens with zero attached hydrogens (tertiary/aromatic N) is 6. The summed E-state index contributed by atoms with van der Waals surface area (Å²) in [5.41, 5.74) is 0.497. The minimum absolute atomic E-state index is 0.128. The van der Waals surface area contributed by atoms with Gasteiger partial charge in [-0.2, -0.15) is 13.2 Å². The normalized spacial score (nSPS) is 15.6. The number of halogens is 3. The van der Waals surface area contributed by atoms with Gasteiger partial charge in [0.1, 0.15) is 11.5 Å². The van der Waals surface area contributed by atoms with E-state index < -0.39 is 12.1 Å². The van der Waals surface area contributed by atoms with E-state index in [0.29, 0.717) is 30.2 Å². The highest BCUT2D eigenvalue weighted by atomic mass is 19.4. The zero-order chi connectivity index (χ0) is 23.8. The lowest BCUT2D eigenvalue weighted by atomic mass is 10.0. The second kappa shape index (κ2) is 8.49. The number of nitrogens with one attached hydrogen (secondary N) is 1. The number of aromatic nitrogens is 5. The van der Waals surface area contributed by atoms with Gasteiger partial charge in [-0.1, -0.05) is 0 Å². The first-order valence-electron chi connectivity index (χ1n) is 10.5. The number of hydrogen-bond donors (Lipinski definition) is 1. The van der Waals surface area contributed by atoms with E-state index in [0.717, 1.165) is 12.8 Å². The molecule has 1 aliphatic heterocycles. The van der Waals surface area contributed by atoms with Crippen LogP contribution in [0, 0.1) is 0 Å². The summed E-state index contributed by atoms with van der Waals surface area (Å²) in [6.07, 6.45) is 1.56. The molecular weight excluding hydrogens is 439 g/mol. The van der Waals surface area contributed by atoms with Crippen molar-refractivity contribution < 1.29 is 22.4 Å². The molecule has 4 heterocycles. The molecule has 33 heavy (non-hydrogen) atoms. The molecule has 1 fully saturated rings. The van der Waals surface area contributed by atoms with E-state index in [1.807, 2.05) is 25.3 Å². The van der Waals surface area contributed by atoms with E-state index in [1.165, 1.54) is 6.20 Å². The van der Waals surface area contributed by atoms with Gasteiger partial charge in [0, 0.05) is 30.9 Å². The zero-order valence-corrected chi connectivity index (χ0v) is 18.4. The fraction of sp³-hybridized carbons (Fsp3) is 0.476.